The number of benzene rings is 2. The largest absolute Gasteiger partial charge is 0.493 e. The molecule has 7 nitrogen and oxygen atoms in total. The van der Waals surface area contributed by atoms with E-state index in [1.54, 1.807) is 28.9 Å². The lowest BCUT2D eigenvalue weighted by atomic mass is 10.2. The van der Waals surface area contributed by atoms with E-state index in [9.17, 15) is 14.7 Å². The van der Waals surface area contributed by atoms with Gasteiger partial charge in [-0.05, 0) is 17.7 Å². The molecule has 146 valence electrons. The second kappa shape index (κ2) is 9.27. The van der Waals surface area contributed by atoms with Crippen LogP contribution in [0.2, 0.25) is 0 Å². The second-order valence-electron chi connectivity index (χ2n) is 6.14. The summed E-state index contributed by atoms with van der Waals surface area (Å²) in [5.74, 6) is -1.15. The molecule has 3 aromatic rings. The summed E-state index contributed by atoms with van der Waals surface area (Å²) in [6.45, 7) is 3.77. The Morgan fingerprint density at radius 1 is 1.10 bits per heavy atom. The van der Waals surface area contributed by atoms with E-state index in [-0.39, 0.29) is 18.1 Å². The normalized spacial score (nSPS) is 11.3. The highest BCUT2D eigenvalue weighted by atomic mass is 16.3. The Balaban J connectivity index is 1.65. The lowest BCUT2D eigenvalue weighted by Gasteiger charge is -2.01. The van der Waals surface area contributed by atoms with E-state index >= 15 is 0 Å². The molecule has 2 aromatic carbocycles. The van der Waals surface area contributed by atoms with Gasteiger partial charge in [0.15, 0.2) is 5.69 Å². The molecule has 0 unspecified atom stereocenters. The summed E-state index contributed by atoms with van der Waals surface area (Å²) in [5, 5.41) is 21.1. The van der Waals surface area contributed by atoms with Crippen LogP contribution in [0.25, 0.3) is 17.0 Å². The number of nitrogens with one attached hydrogen (secondary N) is 1. The molecule has 1 aromatic heterocycles. The number of rotatable bonds is 7. The van der Waals surface area contributed by atoms with Gasteiger partial charge in [-0.3, -0.25) is 9.59 Å². The molecular formula is C22H20N4O3. The van der Waals surface area contributed by atoms with Gasteiger partial charge in [-0.2, -0.15) is 0 Å². The Hall–Kier alpha value is -4.00. The molecule has 0 atom stereocenters. The summed E-state index contributed by atoms with van der Waals surface area (Å²) in [7, 11) is 0. The van der Waals surface area contributed by atoms with E-state index in [0.717, 1.165) is 11.1 Å². The zero-order valence-electron chi connectivity index (χ0n) is 15.7. The number of aromatic hydroxyl groups is 1. The molecule has 0 aliphatic heterocycles. The van der Waals surface area contributed by atoms with E-state index in [2.05, 4.69) is 22.1 Å². The highest BCUT2D eigenvalue weighted by Crippen LogP contribution is 2.38. The fourth-order valence-electron chi connectivity index (χ4n) is 2.78. The second-order valence-corrected chi connectivity index (χ2v) is 6.14. The molecule has 0 saturated carbocycles. The van der Waals surface area contributed by atoms with Crippen molar-refractivity contribution in [3.8, 4) is 5.88 Å². The predicted molar refractivity (Wildman–Crippen MR) is 112 cm³/mol. The van der Waals surface area contributed by atoms with Gasteiger partial charge in [-0.15, -0.1) is 16.8 Å². The number of nitrogens with zero attached hydrogens (tertiary/aromatic N) is 3. The molecule has 0 bridgehead atoms. The van der Waals surface area contributed by atoms with Crippen LogP contribution in [-0.4, -0.2) is 28.0 Å². The number of amides is 2. The quantitative estimate of drug-likeness (QED) is 0.364. The first-order valence-electron chi connectivity index (χ1n) is 8.96. The summed E-state index contributed by atoms with van der Waals surface area (Å²) >= 11 is 0. The molecule has 0 spiro atoms. The molecule has 2 amide bonds. The van der Waals surface area contributed by atoms with Crippen LogP contribution >= 0.6 is 0 Å². The first-order chi connectivity index (χ1) is 14.1. The molecule has 29 heavy (non-hydrogen) atoms. The number of para-hydroxylation sites is 1. The number of allylic oxidation sites excluding steroid dienone is 1. The number of aromatic nitrogens is 1. The molecular weight excluding hydrogens is 368 g/mol. The molecule has 0 aliphatic rings. The molecule has 0 radical (unpaired) electrons. The minimum atomic E-state index is -0.633. The van der Waals surface area contributed by atoms with Gasteiger partial charge in [-0.1, -0.05) is 54.6 Å². The highest BCUT2D eigenvalue weighted by molar-refractivity contribution is 5.96. The molecule has 7 heteroatoms. The fourth-order valence-corrected chi connectivity index (χ4v) is 2.78. The summed E-state index contributed by atoms with van der Waals surface area (Å²) < 4.78 is 1.62. The van der Waals surface area contributed by atoms with Crippen molar-refractivity contribution in [1.82, 2.24) is 9.88 Å². The average Bonchev–Trinajstić information content (AvgIpc) is 3.01. The Labute approximate surface area is 167 Å². The Bertz CT molecular complexity index is 1100. The fraction of sp³-hybridized carbons (Fsp3) is 0.0909. The zero-order valence-corrected chi connectivity index (χ0v) is 15.7. The van der Waals surface area contributed by atoms with Crippen molar-refractivity contribution >= 4 is 34.5 Å². The third-order valence-corrected chi connectivity index (χ3v) is 4.13. The van der Waals surface area contributed by atoms with Crippen LogP contribution in [0, 0.1) is 0 Å². The number of hydrogen-bond donors (Lipinski definition) is 2. The van der Waals surface area contributed by atoms with Gasteiger partial charge >= 0.3 is 0 Å². The van der Waals surface area contributed by atoms with Gasteiger partial charge in [0.25, 0.3) is 5.91 Å². The van der Waals surface area contributed by atoms with Crippen LogP contribution in [0.15, 0.2) is 83.6 Å². The van der Waals surface area contributed by atoms with Gasteiger partial charge in [0.05, 0.1) is 5.52 Å². The van der Waals surface area contributed by atoms with Gasteiger partial charge in [0.2, 0.25) is 11.8 Å². The lowest BCUT2D eigenvalue weighted by molar-refractivity contribution is -0.122. The first-order valence-corrected chi connectivity index (χ1v) is 8.96. The number of azo groups is 1. The summed E-state index contributed by atoms with van der Waals surface area (Å²) in [5.41, 5.74) is 1.83. The van der Waals surface area contributed by atoms with Gasteiger partial charge < -0.3 is 15.0 Å². The van der Waals surface area contributed by atoms with E-state index < -0.39 is 11.8 Å². The monoisotopic (exact) mass is 388 g/mol. The molecule has 3 rings (SSSR count). The van der Waals surface area contributed by atoms with Crippen molar-refractivity contribution in [3.63, 3.8) is 0 Å². The van der Waals surface area contributed by atoms with Gasteiger partial charge in [-0.25, -0.2) is 0 Å². The number of carbonyl (C=O) groups excluding carboxylic acids is 2. The van der Waals surface area contributed by atoms with Crippen molar-refractivity contribution in [3.05, 3.63) is 78.9 Å². The average molecular weight is 388 g/mol. The number of hydrogen-bond acceptors (Lipinski definition) is 4. The predicted octanol–water partition coefficient (Wildman–Crippen LogP) is 3.97. The smallest absolute Gasteiger partial charge is 0.283 e. The maximum absolute atomic E-state index is 12.0. The van der Waals surface area contributed by atoms with Crippen LogP contribution in [0.5, 0.6) is 5.88 Å². The van der Waals surface area contributed by atoms with E-state index in [4.69, 9.17) is 0 Å². The molecule has 0 fully saturated rings. The van der Waals surface area contributed by atoms with Gasteiger partial charge in [0, 0.05) is 18.0 Å². The summed E-state index contributed by atoms with van der Waals surface area (Å²) in [6, 6.07) is 16.6. The molecule has 0 aliphatic carbocycles. The van der Waals surface area contributed by atoms with Crippen molar-refractivity contribution in [2.24, 2.45) is 10.2 Å². The van der Waals surface area contributed by atoms with E-state index in [1.165, 1.54) is 6.08 Å². The standard InChI is InChI=1S/C22H20N4O3/c1-2-14-26-18-11-7-6-10-17(18)21(22(26)29)25-24-20(28)15-23-19(27)13-12-16-8-4-3-5-9-16/h2-13,29H,1,14-15H2,(H,23,27)/b13-12+,25-24?. The summed E-state index contributed by atoms with van der Waals surface area (Å²) in [6.07, 6.45) is 4.64. The van der Waals surface area contributed by atoms with Crippen LogP contribution < -0.4 is 5.32 Å². The summed E-state index contributed by atoms with van der Waals surface area (Å²) in [4.78, 5) is 23.8. The van der Waals surface area contributed by atoms with Crippen LogP contribution in [0.4, 0.5) is 5.69 Å². The van der Waals surface area contributed by atoms with Crippen molar-refractivity contribution in [2.45, 2.75) is 6.54 Å². The molecule has 2 N–H and O–H groups in total. The Morgan fingerprint density at radius 2 is 1.83 bits per heavy atom. The van der Waals surface area contributed by atoms with Gasteiger partial charge in [0.1, 0.15) is 6.54 Å². The molecule has 0 saturated heterocycles. The lowest BCUT2D eigenvalue weighted by Crippen LogP contribution is -2.26. The highest BCUT2D eigenvalue weighted by Gasteiger charge is 2.15. The van der Waals surface area contributed by atoms with E-state index in [1.807, 2.05) is 42.5 Å². The SMILES string of the molecule is C=CCn1c(O)c(N=NC(=O)CNC(=O)/C=C/c2ccccc2)c2ccccc21. The minimum Gasteiger partial charge on any atom is -0.493 e. The minimum absolute atomic E-state index is 0.0996. The third-order valence-electron chi connectivity index (χ3n) is 4.13. The molecule has 1 heterocycles. The number of carbonyl (C=O) groups is 2. The number of fused-ring (bicyclic) bond motifs is 1. The van der Waals surface area contributed by atoms with Crippen molar-refractivity contribution < 1.29 is 14.7 Å². The Morgan fingerprint density at radius 3 is 2.59 bits per heavy atom. The first kappa shape index (κ1) is 19.8. The third kappa shape index (κ3) is 4.84. The maximum Gasteiger partial charge on any atom is 0.283 e. The van der Waals surface area contributed by atoms with Crippen LogP contribution in [0.3, 0.4) is 0 Å². The Kier molecular flexibility index (Phi) is 6.32. The van der Waals surface area contributed by atoms with E-state index in [0.29, 0.717) is 11.9 Å². The topological polar surface area (TPSA) is 96.0 Å². The van der Waals surface area contributed by atoms with Crippen LogP contribution in [-0.2, 0) is 16.1 Å². The zero-order chi connectivity index (χ0) is 20.6. The van der Waals surface area contributed by atoms with Crippen molar-refractivity contribution in [1.29, 1.82) is 0 Å². The van der Waals surface area contributed by atoms with Crippen molar-refractivity contribution in [2.75, 3.05) is 6.54 Å². The van der Waals surface area contributed by atoms with Crippen LogP contribution in [0.1, 0.15) is 5.56 Å². The maximum atomic E-state index is 12.0.